The van der Waals surface area contributed by atoms with Crippen molar-refractivity contribution in [3.05, 3.63) is 63.8 Å². The van der Waals surface area contributed by atoms with Gasteiger partial charge in [0.2, 0.25) is 0 Å². The Labute approximate surface area is 207 Å². The summed E-state index contributed by atoms with van der Waals surface area (Å²) >= 11 is 0. The standard InChI is InChI=1S/C30H35NO4/c1-18(32)30(35-19(2)33)15-14-27-25-12-8-21-16-23(34)11-13-24(21)28(25)26(17-29(27,30)3)20-6-9-22(10-7-20)31(4)5/h6-7,9-10,16,26H,8,11-15,17H2,1-5H3/t26-,29+,30+/m1/s1. The molecule has 0 amide bonds. The molecule has 3 atom stereocenters. The Balaban J connectivity index is 1.74. The van der Waals surface area contributed by atoms with Crippen LogP contribution >= 0.6 is 0 Å². The molecular formula is C30H35NO4. The molecule has 1 aromatic rings. The van der Waals surface area contributed by atoms with Gasteiger partial charge in [-0.2, -0.15) is 0 Å². The normalized spacial score (nSPS) is 29.8. The number of ketones is 2. The van der Waals surface area contributed by atoms with E-state index >= 15 is 0 Å². The molecule has 0 aliphatic heterocycles. The molecule has 5 nitrogen and oxygen atoms in total. The largest absolute Gasteiger partial charge is 0.450 e. The van der Waals surface area contributed by atoms with Crippen LogP contribution in [-0.2, 0) is 19.1 Å². The highest BCUT2D eigenvalue weighted by Gasteiger charge is 2.63. The minimum absolute atomic E-state index is 0.0664. The quantitative estimate of drug-likeness (QED) is 0.532. The van der Waals surface area contributed by atoms with Gasteiger partial charge in [0, 0.05) is 44.5 Å². The summed E-state index contributed by atoms with van der Waals surface area (Å²) in [5, 5.41) is 0. The number of carbonyl (C=O) groups is 3. The predicted octanol–water partition coefficient (Wildman–Crippen LogP) is 5.61. The zero-order valence-electron chi connectivity index (χ0n) is 21.5. The number of rotatable bonds is 4. The maximum Gasteiger partial charge on any atom is 0.303 e. The first kappa shape index (κ1) is 23.8. The van der Waals surface area contributed by atoms with Crippen molar-refractivity contribution in [2.24, 2.45) is 5.41 Å². The molecule has 0 spiro atoms. The molecule has 0 radical (unpaired) electrons. The highest BCUT2D eigenvalue weighted by molar-refractivity contribution is 5.93. The number of fused-ring (bicyclic) bond motifs is 3. The lowest BCUT2D eigenvalue weighted by Gasteiger charge is -2.49. The van der Waals surface area contributed by atoms with Gasteiger partial charge >= 0.3 is 5.97 Å². The van der Waals surface area contributed by atoms with Gasteiger partial charge in [0.1, 0.15) is 0 Å². The van der Waals surface area contributed by atoms with E-state index in [0.29, 0.717) is 19.3 Å². The van der Waals surface area contributed by atoms with Gasteiger partial charge < -0.3 is 9.64 Å². The van der Waals surface area contributed by atoms with Crippen molar-refractivity contribution >= 4 is 23.2 Å². The van der Waals surface area contributed by atoms with E-state index in [9.17, 15) is 14.4 Å². The van der Waals surface area contributed by atoms with Gasteiger partial charge in [0.05, 0.1) is 0 Å². The Bertz CT molecular complexity index is 1220. The number of hydrogen-bond acceptors (Lipinski definition) is 5. The van der Waals surface area contributed by atoms with Crippen LogP contribution in [0, 0.1) is 5.41 Å². The van der Waals surface area contributed by atoms with Crippen molar-refractivity contribution in [2.45, 2.75) is 77.2 Å². The zero-order chi connectivity index (χ0) is 25.1. The topological polar surface area (TPSA) is 63.7 Å². The van der Waals surface area contributed by atoms with Crippen molar-refractivity contribution < 1.29 is 19.1 Å². The lowest BCUT2D eigenvalue weighted by Crippen LogP contribution is -2.53. The van der Waals surface area contributed by atoms with Gasteiger partial charge in [-0.3, -0.25) is 14.4 Å². The molecule has 1 saturated carbocycles. The van der Waals surface area contributed by atoms with Crippen molar-refractivity contribution in [3.8, 4) is 0 Å². The van der Waals surface area contributed by atoms with E-state index in [1.165, 1.54) is 40.4 Å². The van der Waals surface area contributed by atoms with Crippen molar-refractivity contribution in [1.82, 2.24) is 0 Å². The molecule has 1 aromatic carbocycles. The molecule has 184 valence electrons. The number of hydrogen-bond donors (Lipinski definition) is 0. The van der Waals surface area contributed by atoms with Gasteiger partial charge in [0.25, 0.3) is 0 Å². The zero-order valence-corrected chi connectivity index (χ0v) is 21.5. The van der Waals surface area contributed by atoms with Crippen LogP contribution in [0.3, 0.4) is 0 Å². The predicted molar refractivity (Wildman–Crippen MR) is 136 cm³/mol. The summed E-state index contributed by atoms with van der Waals surface area (Å²) in [5.41, 5.74) is 7.17. The number of benzene rings is 1. The van der Waals surface area contributed by atoms with E-state index in [1.54, 1.807) is 6.92 Å². The van der Waals surface area contributed by atoms with Crippen molar-refractivity contribution in [3.63, 3.8) is 0 Å². The van der Waals surface area contributed by atoms with Gasteiger partial charge in [-0.15, -0.1) is 0 Å². The maximum atomic E-state index is 13.2. The Hall–Kier alpha value is -2.95. The molecule has 0 heterocycles. The molecule has 0 aromatic heterocycles. The van der Waals surface area contributed by atoms with E-state index in [2.05, 4.69) is 36.1 Å². The molecule has 0 N–H and O–H groups in total. The van der Waals surface area contributed by atoms with E-state index in [1.807, 2.05) is 20.2 Å². The smallest absolute Gasteiger partial charge is 0.303 e. The van der Waals surface area contributed by atoms with E-state index in [-0.39, 0.29) is 17.5 Å². The van der Waals surface area contributed by atoms with Crippen LogP contribution in [0.25, 0.3) is 0 Å². The minimum Gasteiger partial charge on any atom is -0.450 e. The number of nitrogens with zero attached hydrogens (tertiary/aromatic N) is 1. The van der Waals surface area contributed by atoms with Gasteiger partial charge in [0.15, 0.2) is 17.2 Å². The minimum atomic E-state index is -1.13. The third-order valence-corrected chi connectivity index (χ3v) is 8.95. The van der Waals surface area contributed by atoms with E-state index < -0.39 is 17.0 Å². The van der Waals surface area contributed by atoms with Crippen LogP contribution in [0.4, 0.5) is 5.69 Å². The summed E-state index contributed by atoms with van der Waals surface area (Å²) < 4.78 is 5.97. The number of anilines is 1. The summed E-state index contributed by atoms with van der Waals surface area (Å²) in [7, 11) is 4.06. The number of carbonyl (C=O) groups excluding carboxylic acids is 3. The fraction of sp³-hybridized carbons (Fsp3) is 0.500. The molecule has 4 aliphatic rings. The van der Waals surface area contributed by atoms with Crippen molar-refractivity contribution in [2.75, 3.05) is 19.0 Å². The van der Waals surface area contributed by atoms with E-state index in [0.717, 1.165) is 31.4 Å². The van der Waals surface area contributed by atoms with Crippen LogP contribution in [-0.4, -0.2) is 37.2 Å². The molecule has 35 heavy (non-hydrogen) atoms. The Morgan fingerprint density at radius 1 is 0.971 bits per heavy atom. The van der Waals surface area contributed by atoms with E-state index in [4.69, 9.17) is 4.74 Å². The maximum absolute atomic E-state index is 13.2. The lowest BCUT2D eigenvalue weighted by molar-refractivity contribution is -0.175. The molecular weight excluding hydrogens is 438 g/mol. The van der Waals surface area contributed by atoms with Crippen LogP contribution in [0.15, 0.2) is 58.2 Å². The molecule has 4 aliphatic carbocycles. The summed E-state index contributed by atoms with van der Waals surface area (Å²) in [6.45, 7) is 5.12. The van der Waals surface area contributed by atoms with Gasteiger partial charge in [-0.05, 0) is 91.5 Å². The Morgan fingerprint density at radius 3 is 2.29 bits per heavy atom. The third-order valence-electron chi connectivity index (χ3n) is 8.95. The molecule has 1 fully saturated rings. The SMILES string of the molecule is CC(=O)O[C@]1(C(C)=O)CCC2=C3CCC4=CC(=O)CCC4=C3[C@@H](c3ccc(N(C)C)cc3)C[C@@]21C. The Kier molecular flexibility index (Phi) is 5.65. The molecule has 5 heteroatoms. The lowest BCUT2D eigenvalue weighted by atomic mass is 9.56. The Morgan fingerprint density at radius 2 is 1.66 bits per heavy atom. The fourth-order valence-electron chi connectivity index (χ4n) is 7.32. The second kappa shape index (κ2) is 8.32. The fourth-order valence-corrected chi connectivity index (χ4v) is 7.32. The molecule has 0 bridgehead atoms. The van der Waals surface area contributed by atoms with Gasteiger partial charge in [-0.25, -0.2) is 0 Å². The summed E-state index contributed by atoms with van der Waals surface area (Å²) in [6.07, 6.45) is 6.92. The highest BCUT2D eigenvalue weighted by Crippen LogP contribution is 2.65. The number of allylic oxidation sites excluding steroid dienone is 5. The van der Waals surface area contributed by atoms with Crippen LogP contribution in [0.5, 0.6) is 0 Å². The summed E-state index contributed by atoms with van der Waals surface area (Å²) in [4.78, 5) is 39.7. The monoisotopic (exact) mass is 473 g/mol. The second-order valence-electron chi connectivity index (χ2n) is 11.0. The molecule has 0 unspecified atom stereocenters. The summed E-state index contributed by atoms with van der Waals surface area (Å²) in [5.74, 6) is -0.166. The molecule has 0 saturated heterocycles. The molecule has 5 rings (SSSR count). The van der Waals surface area contributed by atoms with Crippen LogP contribution in [0.2, 0.25) is 0 Å². The average Bonchev–Trinajstić information content (AvgIpc) is 3.10. The third kappa shape index (κ3) is 3.54. The van der Waals surface area contributed by atoms with Crippen LogP contribution < -0.4 is 4.90 Å². The van der Waals surface area contributed by atoms with Gasteiger partial charge in [-0.1, -0.05) is 24.6 Å². The van der Waals surface area contributed by atoms with Crippen molar-refractivity contribution in [1.29, 1.82) is 0 Å². The number of esters is 1. The first-order chi connectivity index (χ1) is 16.6. The van der Waals surface area contributed by atoms with Crippen LogP contribution in [0.1, 0.15) is 77.2 Å². The number of ether oxygens (including phenoxy) is 1. The highest BCUT2D eigenvalue weighted by atomic mass is 16.6. The second-order valence-corrected chi connectivity index (χ2v) is 11.0. The first-order valence-electron chi connectivity index (χ1n) is 12.7. The summed E-state index contributed by atoms with van der Waals surface area (Å²) in [6, 6.07) is 8.68. The number of Topliss-reactive ketones (excluding diaryl/α,β-unsaturated/α-hetero) is 1. The average molecular weight is 474 g/mol. The first-order valence-corrected chi connectivity index (χ1v) is 12.7.